The van der Waals surface area contributed by atoms with Gasteiger partial charge in [0.25, 0.3) is 0 Å². The van der Waals surface area contributed by atoms with Crippen molar-refractivity contribution in [3.8, 4) is 11.8 Å². The molecule has 0 N–H and O–H groups in total. The second kappa shape index (κ2) is 5.20. The summed E-state index contributed by atoms with van der Waals surface area (Å²) in [5.74, 6) is 0.822. The Kier molecular flexibility index (Phi) is 4.14. The first-order chi connectivity index (χ1) is 7.92. The lowest BCUT2D eigenvalue weighted by atomic mass is 9.81. The second-order valence-corrected chi connectivity index (χ2v) is 4.98. The van der Waals surface area contributed by atoms with E-state index in [0.29, 0.717) is 0 Å². The van der Waals surface area contributed by atoms with Crippen LogP contribution >= 0.6 is 0 Å². The minimum Gasteiger partial charge on any atom is -0.497 e. The molecule has 92 valence electrons. The quantitative estimate of drug-likeness (QED) is 0.801. The second-order valence-electron chi connectivity index (χ2n) is 4.98. The van der Waals surface area contributed by atoms with Gasteiger partial charge in [-0.25, -0.2) is 0 Å². The average molecular weight is 232 g/mol. The van der Waals surface area contributed by atoms with Crippen molar-refractivity contribution in [2.45, 2.75) is 19.9 Å². The molecule has 1 rings (SSSR count). The van der Waals surface area contributed by atoms with Crippen LogP contribution in [0.2, 0.25) is 0 Å². The first-order valence-electron chi connectivity index (χ1n) is 5.64. The lowest BCUT2D eigenvalue weighted by Crippen LogP contribution is -2.32. The van der Waals surface area contributed by atoms with Crippen molar-refractivity contribution in [3.05, 3.63) is 29.8 Å². The van der Waals surface area contributed by atoms with Crippen LogP contribution in [0.4, 0.5) is 0 Å². The van der Waals surface area contributed by atoms with Crippen LogP contribution in [0.3, 0.4) is 0 Å². The van der Waals surface area contributed by atoms with E-state index in [9.17, 15) is 5.26 Å². The number of nitrogens with zero attached hydrogens (tertiary/aromatic N) is 2. The van der Waals surface area contributed by atoms with Crippen molar-refractivity contribution >= 4 is 0 Å². The van der Waals surface area contributed by atoms with Crippen LogP contribution in [-0.2, 0) is 0 Å². The highest BCUT2D eigenvalue weighted by Gasteiger charge is 2.32. The average Bonchev–Trinajstić information content (AvgIpc) is 2.28. The van der Waals surface area contributed by atoms with E-state index in [0.717, 1.165) is 11.3 Å². The fourth-order valence-corrected chi connectivity index (χ4v) is 2.23. The Labute approximate surface area is 104 Å². The van der Waals surface area contributed by atoms with Crippen LogP contribution in [0, 0.1) is 16.7 Å². The number of nitriles is 1. The van der Waals surface area contributed by atoms with Crippen LogP contribution in [0.25, 0.3) is 0 Å². The van der Waals surface area contributed by atoms with E-state index in [2.05, 4.69) is 11.0 Å². The molecular formula is C14H20N2O. The van der Waals surface area contributed by atoms with Crippen molar-refractivity contribution in [2.24, 2.45) is 5.41 Å². The summed E-state index contributed by atoms with van der Waals surface area (Å²) in [5.41, 5.74) is 0.650. The maximum absolute atomic E-state index is 9.29. The normalized spacial score (nSPS) is 13.2. The van der Waals surface area contributed by atoms with Gasteiger partial charge in [0.15, 0.2) is 0 Å². The number of hydrogen-bond donors (Lipinski definition) is 0. The van der Waals surface area contributed by atoms with E-state index in [1.54, 1.807) is 7.11 Å². The van der Waals surface area contributed by atoms with Crippen molar-refractivity contribution in [1.82, 2.24) is 4.90 Å². The summed E-state index contributed by atoms with van der Waals surface area (Å²) in [6.45, 7) is 3.91. The predicted octanol–water partition coefficient (Wildman–Crippen LogP) is 2.85. The van der Waals surface area contributed by atoms with E-state index in [4.69, 9.17) is 4.74 Å². The molecule has 0 aliphatic rings. The first-order valence-corrected chi connectivity index (χ1v) is 5.64. The maximum atomic E-state index is 9.29. The molecule has 0 radical (unpaired) electrons. The third kappa shape index (κ3) is 2.98. The van der Waals surface area contributed by atoms with Crippen molar-refractivity contribution in [2.75, 3.05) is 21.2 Å². The molecule has 0 fully saturated rings. The van der Waals surface area contributed by atoms with Gasteiger partial charge in [0.2, 0.25) is 0 Å². The molecule has 1 unspecified atom stereocenters. The number of hydrogen-bond acceptors (Lipinski definition) is 3. The molecule has 0 saturated carbocycles. The molecule has 0 spiro atoms. The molecule has 0 amide bonds. The van der Waals surface area contributed by atoms with Gasteiger partial charge in [0.1, 0.15) is 5.75 Å². The van der Waals surface area contributed by atoms with E-state index in [1.165, 1.54) is 0 Å². The summed E-state index contributed by atoms with van der Waals surface area (Å²) in [5, 5.41) is 9.29. The van der Waals surface area contributed by atoms with Crippen LogP contribution in [0.15, 0.2) is 24.3 Å². The highest BCUT2D eigenvalue weighted by molar-refractivity contribution is 5.32. The largest absolute Gasteiger partial charge is 0.497 e. The van der Waals surface area contributed by atoms with Crippen LogP contribution in [-0.4, -0.2) is 26.1 Å². The molecule has 1 aromatic rings. The summed E-state index contributed by atoms with van der Waals surface area (Å²) < 4.78 is 5.23. The van der Waals surface area contributed by atoms with Crippen molar-refractivity contribution < 1.29 is 4.74 Å². The van der Waals surface area contributed by atoms with Gasteiger partial charge >= 0.3 is 0 Å². The van der Waals surface area contributed by atoms with Gasteiger partial charge in [-0.2, -0.15) is 5.26 Å². The van der Waals surface area contributed by atoms with Crippen molar-refractivity contribution in [3.63, 3.8) is 0 Å². The number of benzene rings is 1. The predicted molar refractivity (Wildman–Crippen MR) is 68.8 cm³/mol. The summed E-state index contributed by atoms with van der Waals surface area (Å²) in [6.07, 6.45) is 0. The van der Waals surface area contributed by atoms with Gasteiger partial charge < -0.3 is 9.64 Å². The Morgan fingerprint density at radius 2 is 2.00 bits per heavy atom. The standard InChI is InChI=1S/C14H20N2O/c1-14(2,10-15)13(16(3)4)11-7-6-8-12(9-11)17-5/h6-9,13H,1-5H3. The zero-order valence-corrected chi connectivity index (χ0v) is 11.2. The lowest BCUT2D eigenvalue weighted by Gasteiger charge is -2.34. The van der Waals surface area contributed by atoms with Gasteiger partial charge in [-0.3, -0.25) is 0 Å². The molecule has 1 atom stereocenters. The Balaban J connectivity index is 3.20. The molecule has 3 nitrogen and oxygen atoms in total. The molecule has 17 heavy (non-hydrogen) atoms. The minimum atomic E-state index is -0.449. The molecule has 0 aliphatic carbocycles. The third-order valence-corrected chi connectivity index (χ3v) is 2.90. The molecule has 0 aliphatic heterocycles. The SMILES string of the molecule is COc1cccc(C(N(C)C)C(C)(C)C#N)c1. The van der Waals surface area contributed by atoms with Crippen molar-refractivity contribution in [1.29, 1.82) is 5.26 Å². The van der Waals surface area contributed by atoms with Gasteiger partial charge in [-0.15, -0.1) is 0 Å². The minimum absolute atomic E-state index is 0.0441. The zero-order chi connectivity index (χ0) is 13.1. The molecule has 3 heteroatoms. The van der Waals surface area contributed by atoms with Crippen LogP contribution in [0.5, 0.6) is 5.75 Å². The maximum Gasteiger partial charge on any atom is 0.119 e. The summed E-state index contributed by atoms with van der Waals surface area (Å²) in [7, 11) is 5.63. The highest BCUT2D eigenvalue weighted by Crippen LogP contribution is 2.37. The van der Waals surface area contributed by atoms with Gasteiger partial charge in [0, 0.05) is 0 Å². The third-order valence-electron chi connectivity index (χ3n) is 2.90. The fraction of sp³-hybridized carbons (Fsp3) is 0.500. The first kappa shape index (κ1) is 13.5. The topological polar surface area (TPSA) is 36.3 Å². The Bertz CT molecular complexity index is 418. The summed E-state index contributed by atoms with van der Waals surface area (Å²) >= 11 is 0. The molecule has 1 aromatic carbocycles. The molecule has 0 bridgehead atoms. The number of methoxy groups -OCH3 is 1. The molecular weight excluding hydrogens is 212 g/mol. The monoisotopic (exact) mass is 232 g/mol. The summed E-state index contributed by atoms with van der Waals surface area (Å²) in [6, 6.07) is 10.3. The van der Waals surface area contributed by atoms with Crippen LogP contribution in [0.1, 0.15) is 25.5 Å². The van der Waals surface area contributed by atoms with Gasteiger partial charge in [-0.1, -0.05) is 12.1 Å². The number of ether oxygens (including phenoxy) is 1. The van der Waals surface area contributed by atoms with E-state index >= 15 is 0 Å². The van der Waals surface area contributed by atoms with E-state index in [-0.39, 0.29) is 6.04 Å². The van der Waals surface area contributed by atoms with Crippen LogP contribution < -0.4 is 4.74 Å². The smallest absolute Gasteiger partial charge is 0.119 e. The van der Waals surface area contributed by atoms with E-state index < -0.39 is 5.41 Å². The summed E-state index contributed by atoms with van der Waals surface area (Å²) in [4.78, 5) is 2.07. The fourth-order valence-electron chi connectivity index (χ4n) is 2.23. The Hall–Kier alpha value is -1.53. The lowest BCUT2D eigenvalue weighted by molar-refractivity contribution is 0.185. The molecule has 0 saturated heterocycles. The highest BCUT2D eigenvalue weighted by atomic mass is 16.5. The van der Waals surface area contributed by atoms with Gasteiger partial charge in [0.05, 0.1) is 24.6 Å². The Morgan fingerprint density at radius 1 is 1.35 bits per heavy atom. The van der Waals surface area contributed by atoms with E-state index in [1.807, 2.05) is 52.2 Å². The zero-order valence-electron chi connectivity index (χ0n) is 11.2. The van der Waals surface area contributed by atoms with Gasteiger partial charge in [-0.05, 0) is 45.6 Å². The Morgan fingerprint density at radius 3 is 2.47 bits per heavy atom. The molecule has 0 heterocycles. The molecule has 0 aromatic heterocycles. The number of rotatable bonds is 4.